The van der Waals surface area contributed by atoms with E-state index in [9.17, 15) is 14.4 Å². The van der Waals surface area contributed by atoms with Crippen LogP contribution >= 0.6 is 0 Å². The van der Waals surface area contributed by atoms with Gasteiger partial charge in [-0.25, -0.2) is 9.59 Å². The van der Waals surface area contributed by atoms with Gasteiger partial charge in [0.2, 0.25) is 0 Å². The fourth-order valence-corrected chi connectivity index (χ4v) is 3.87. The van der Waals surface area contributed by atoms with Crippen molar-refractivity contribution in [2.24, 2.45) is 0 Å². The molecule has 0 radical (unpaired) electrons. The number of anilines is 1. The van der Waals surface area contributed by atoms with Crippen LogP contribution in [0.25, 0.3) is 0 Å². The molecule has 2 N–H and O–H groups in total. The van der Waals surface area contributed by atoms with Gasteiger partial charge in [0, 0.05) is 24.3 Å². The van der Waals surface area contributed by atoms with Crippen LogP contribution in [0.1, 0.15) is 24.0 Å². The summed E-state index contributed by atoms with van der Waals surface area (Å²) in [7, 11) is 0. The first-order valence-electron chi connectivity index (χ1n) is 9.81. The first-order chi connectivity index (χ1) is 14.5. The smallest absolute Gasteiger partial charge is 0.324 e. The Morgan fingerprint density at radius 2 is 1.73 bits per heavy atom. The molecule has 4 rings (SSSR count). The Hall–Kier alpha value is -3.79. The largest absolute Gasteiger partial charge is 0.325 e. The van der Waals surface area contributed by atoms with Crippen LogP contribution in [-0.4, -0.2) is 46.4 Å². The van der Waals surface area contributed by atoms with Crippen molar-refractivity contribution in [2.75, 3.05) is 18.4 Å². The second kappa shape index (κ2) is 7.91. The van der Waals surface area contributed by atoms with E-state index >= 15 is 0 Å². The number of likely N-dealkylation sites (tertiary alicyclic amines) is 1. The molecule has 2 aliphatic rings. The Bertz CT molecular complexity index is 1000. The molecule has 2 aromatic rings. The topological polar surface area (TPSA) is 81.8 Å². The molecule has 0 aromatic heterocycles. The van der Waals surface area contributed by atoms with Gasteiger partial charge < -0.3 is 15.5 Å². The molecule has 152 valence electrons. The second-order valence-electron chi connectivity index (χ2n) is 7.53. The van der Waals surface area contributed by atoms with Gasteiger partial charge in [-0.1, -0.05) is 36.3 Å². The van der Waals surface area contributed by atoms with Crippen molar-refractivity contribution in [2.45, 2.75) is 24.9 Å². The minimum atomic E-state index is -0.933. The molecular weight excluding hydrogens is 380 g/mol. The molecule has 7 nitrogen and oxygen atoms in total. The number of nitrogens with one attached hydrogen (secondary N) is 2. The third-order valence-corrected chi connectivity index (χ3v) is 5.64. The van der Waals surface area contributed by atoms with Gasteiger partial charge in [-0.05, 0) is 42.7 Å². The van der Waals surface area contributed by atoms with E-state index in [0.717, 1.165) is 11.1 Å². The lowest BCUT2D eigenvalue weighted by Gasteiger charge is -2.37. The molecule has 0 atom stereocenters. The second-order valence-corrected chi connectivity index (χ2v) is 7.53. The highest BCUT2D eigenvalue weighted by Gasteiger charge is 2.52. The van der Waals surface area contributed by atoms with Crippen molar-refractivity contribution in [1.82, 2.24) is 15.1 Å². The molecule has 2 aliphatic heterocycles. The SMILES string of the molecule is C#Cc1ccc(NC(=O)N2CCC3(CC2)NC(=O)N(Cc2ccccc2)C3=O)cc1. The summed E-state index contributed by atoms with van der Waals surface area (Å²) in [5.41, 5.74) is 1.35. The summed E-state index contributed by atoms with van der Waals surface area (Å²) in [6.07, 6.45) is 6.10. The first kappa shape index (κ1) is 19.5. The third kappa shape index (κ3) is 3.72. The summed E-state index contributed by atoms with van der Waals surface area (Å²) in [4.78, 5) is 41.0. The summed E-state index contributed by atoms with van der Waals surface area (Å²) in [6.45, 7) is 0.990. The molecule has 0 unspecified atom stereocenters. The molecule has 7 heteroatoms. The average molecular weight is 402 g/mol. The zero-order valence-corrected chi connectivity index (χ0v) is 16.4. The van der Waals surface area contributed by atoms with Gasteiger partial charge in [-0.3, -0.25) is 9.69 Å². The molecule has 2 aromatic carbocycles. The molecular formula is C23H22N4O3. The number of hydrogen-bond acceptors (Lipinski definition) is 3. The number of benzene rings is 2. The van der Waals surface area contributed by atoms with Gasteiger partial charge in [-0.2, -0.15) is 0 Å². The van der Waals surface area contributed by atoms with Gasteiger partial charge in [0.05, 0.1) is 6.54 Å². The maximum absolute atomic E-state index is 13.0. The highest BCUT2D eigenvalue weighted by atomic mass is 16.2. The molecule has 30 heavy (non-hydrogen) atoms. The third-order valence-electron chi connectivity index (χ3n) is 5.64. The van der Waals surface area contributed by atoms with Crippen molar-refractivity contribution in [3.05, 3.63) is 65.7 Å². The number of amides is 5. The Balaban J connectivity index is 1.37. The van der Waals surface area contributed by atoms with Crippen molar-refractivity contribution >= 4 is 23.7 Å². The minimum absolute atomic E-state index is 0.221. The summed E-state index contributed by atoms with van der Waals surface area (Å²) >= 11 is 0. The van der Waals surface area contributed by atoms with Crippen LogP contribution in [0.2, 0.25) is 0 Å². The van der Waals surface area contributed by atoms with Crippen molar-refractivity contribution in [3.63, 3.8) is 0 Å². The van der Waals surface area contributed by atoms with Crippen LogP contribution in [-0.2, 0) is 11.3 Å². The predicted octanol–water partition coefficient (Wildman–Crippen LogP) is 2.79. The number of imide groups is 1. The van der Waals surface area contributed by atoms with E-state index in [1.165, 1.54) is 4.90 Å². The standard InChI is InChI=1S/C23H22N4O3/c1-2-17-8-10-19(11-9-17)24-21(29)26-14-12-23(13-15-26)20(28)27(22(30)25-23)16-18-6-4-3-5-7-18/h1,3-11H,12-16H2,(H,24,29)(H,25,30). The number of rotatable bonds is 3. The quantitative estimate of drug-likeness (QED) is 0.612. The predicted molar refractivity (Wildman–Crippen MR) is 112 cm³/mol. The number of hydrogen-bond donors (Lipinski definition) is 2. The van der Waals surface area contributed by atoms with Crippen LogP contribution < -0.4 is 10.6 Å². The van der Waals surface area contributed by atoms with Crippen LogP contribution in [0.4, 0.5) is 15.3 Å². The van der Waals surface area contributed by atoms with E-state index in [-0.39, 0.29) is 24.5 Å². The molecule has 5 amide bonds. The molecule has 0 bridgehead atoms. The van der Waals surface area contributed by atoms with E-state index in [1.807, 2.05) is 30.3 Å². The van der Waals surface area contributed by atoms with E-state index in [2.05, 4.69) is 16.6 Å². The Kier molecular flexibility index (Phi) is 5.15. The minimum Gasteiger partial charge on any atom is -0.324 e. The maximum Gasteiger partial charge on any atom is 0.325 e. The van der Waals surface area contributed by atoms with E-state index in [0.29, 0.717) is 31.6 Å². The summed E-state index contributed by atoms with van der Waals surface area (Å²) < 4.78 is 0. The fourth-order valence-electron chi connectivity index (χ4n) is 3.87. The highest BCUT2D eigenvalue weighted by molar-refractivity contribution is 6.07. The zero-order valence-electron chi connectivity index (χ0n) is 16.4. The van der Waals surface area contributed by atoms with Crippen molar-refractivity contribution in [1.29, 1.82) is 0 Å². The summed E-state index contributed by atoms with van der Waals surface area (Å²) in [5.74, 6) is 2.31. The van der Waals surface area contributed by atoms with Crippen LogP contribution in [0.5, 0.6) is 0 Å². The molecule has 2 saturated heterocycles. The van der Waals surface area contributed by atoms with E-state index < -0.39 is 5.54 Å². The molecule has 2 fully saturated rings. The average Bonchev–Trinajstić information content (AvgIpc) is 2.99. The lowest BCUT2D eigenvalue weighted by molar-refractivity contribution is -0.133. The Morgan fingerprint density at radius 3 is 2.37 bits per heavy atom. The van der Waals surface area contributed by atoms with E-state index in [1.54, 1.807) is 29.2 Å². The summed E-state index contributed by atoms with van der Waals surface area (Å²) in [6, 6.07) is 15.8. The van der Waals surface area contributed by atoms with Gasteiger partial charge >= 0.3 is 12.1 Å². The number of carbonyl (C=O) groups is 3. The lowest BCUT2D eigenvalue weighted by atomic mass is 9.87. The van der Waals surface area contributed by atoms with Crippen LogP contribution in [0.15, 0.2) is 54.6 Å². The van der Waals surface area contributed by atoms with Crippen molar-refractivity contribution < 1.29 is 14.4 Å². The maximum atomic E-state index is 13.0. The first-order valence-corrected chi connectivity index (χ1v) is 9.81. The Morgan fingerprint density at radius 1 is 1.07 bits per heavy atom. The molecule has 0 aliphatic carbocycles. The zero-order chi connectivity index (χ0) is 21.1. The highest BCUT2D eigenvalue weighted by Crippen LogP contribution is 2.30. The Labute approximate surface area is 175 Å². The normalized spacial score (nSPS) is 17.6. The fraction of sp³-hybridized carbons (Fsp3) is 0.261. The van der Waals surface area contributed by atoms with Gasteiger partial charge in [0.15, 0.2) is 0 Å². The van der Waals surface area contributed by atoms with Gasteiger partial charge in [-0.15, -0.1) is 6.42 Å². The number of piperidine rings is 1. The lowest BCUT2D eigenvalue weighted by Crippen LogP contribution is -2.56. The monoisotopic (exact) mass is 402 g/mol. The molecule has 1 spiro atoms. The van der Waals surface area contributed by atoms with Gasteiger partial charge in [0.1, 0.15) is 5.54 Å². The van der Waals surface area contributed by atoms with Crippen LogP contribution in [0, 0.1) is 12.3 Å². The van der Waals surface area contributed by atoms with Gasteiger partial charge in [0.25, 0.3) is 5.91 Å². The molecule has 0 saturated carbocycles. The number of carbonyl (C=O) groups excluding carboxylic acids is 3. The van der Waals surface area contributed by atoms with Crippen molar-refractivity contribution in [3.8, 4) is 12.3 Å². The number of urea groups is 2. The number of nitrogens with zero attached hydrogens (tertiary/aromatic N) is 2. The number of terminal acetylenes is 1. The van der Waals surface area contributed by atoms with Crippen LogP contribution in [0.3, 0.4) is 0 Å². The molecule has 2 heterocycles. The summed E-state index contributed by atoms with van der Waals surface area (Å²) in [5, 5.41) is 5.71. The van der Waals surface area contributed by atoms with E-state index in [4.69, 9.17) is 6.42 Å².